The minimum absolute atomic E-state index is 0.776. The first-order valence-electron chi connectivity index (χ1n) is 10.2. The van der Waals surface area contributed by atoms with Gasteiger partial charge in [0.1, 0.15) is 0 Å². The van der Waals surface area contributed by atoms with Gasteiger partial charge in [0.25, 0.3) is 0 Å². The molecular formula is C23H23ClN4S. The van der Waals surface area contributed by atoms with Crippen molar-refractivity contribution in [1.82, 2.24) is 14.9 Å². The normalized spacial score (nSPS) is 17.1. The number of benzene rings is 1. The second-order valence-electron chi connectivity index (χ2n) is 7.68. The van der Waals surface area contributed by atoms with Gasteiger partial charge in [-0.3, -0.25) is 9.89 Å². The van der Waals surface area contributed by atoms with E-state index in [9.17, 15) is 0 Å². The lowest BCUT2D eigenvalue weighted by molar-refractivity contribution is 0.245. The molecule has 0 aliphatic carbocycles. The third kappa shape index (κ3) is 4.27. The molecule has 0 unspecified atom stereocenters. The first-order chi connectivity index (χ1) is 14.2. The molecule has 0 saturated heterocycles. The van der Waals surface area contributed by atoms with Gasteiger partial charge in [0.05, 0.1) is 11.4 Å². The summed E-state index contributed by atoms with van der Waals surface area (Å²) in [5, 5.41) is 0.776. The zero-order valence-corrected chi connectivity index (χ0v) is 17.8. The van der Waals surface area contributed by atoms with Crippen molar-refractivity contribution < 1.29 is 0 Å². The molecule has 4 heterocycles. The van der Waals surface area contributed by atoms with Gasteiger partial charge in [-0.15, -0.1) is 11.3 Å². The maximum absolute atomic E-state index is 6.01. The average Bonchev–Trinajstić information content (AvgIpc) is 3.23. The first-order valence-corrected chi connectivity index (χ1v) is 11.4. The van der Waals surface area contributed by atoms with Gasteiger partial charge in [-0.05, 0) is 49.1 Å². The molecule has 0 saturated carbocycles. The second-order valence-corrected chi connectivity index (χ2v) is 9.29. The van der Waals surface area contributed by atoms with Crippen molar-refractivity contribution >= 4 is 28.6 Å². The summed E-state index contributed by atoms with van der Waals surface area (Å²) in [6.45, 7) is 3.83. The van der Waals surface area contributed by atoms with Crippen LogP contribution in [0.15, 0.2) is 47.6 Å². The zero-order valence-electron chi connectivity index (χ0n) is 16.3. The van der Waals surface area contributed by atoms with Crippen LogP contribution in [0.4, 0.5) is 0 Å². The van der Waals surface area contributed by atoms with E-state index < -0.39 is 0 Å². The quantitative estimate of drug-likeness (QED) is 0.566. The van der Waals surface area contributed by atoms with E-state index >= 15 is 0 Å². The van der Waals surface area contributed by atoms with Gasteiger partial charge in [-0.1, -0.05) is 23.7 Å². The van der Waals surface area contributed by atoms with E-state index in [0.717, 1.165) is 55.6 Å². The Bertz CT molecular complexity index is 1040. The van der Waals surface area contributed by atoms with Crippen molar-refractivity contribution in [3.05, 3.63) is 69.6 Å². The summed E-state index contributed by atoms with van der Waals surface area (Å²) in [4.78, 5) is 19.3. The molecule has 0 N–H and O–H groups in total. The molecule has 4 nitrogen and oxygen atoms in total. The van der Waals surface area contributed by atoms with E-state index in [0.29, 0.717) is 0 Å². The highest BCUT2D eigenvalue weighted by molar-refractivity contribution is 7.15. The van der Waals surface area contributed by atoms with E-state index in [1.165, 1.54) is 39.4 Å². The Morgan fingerprint density at radius 1 is 1.03 bits per heavy atom. The molecule has 3 aromatic rings. The molecule has 0 radical (unpaired) electrons. The fraction of sp³-hybridized carbons (Fsp3) is 0.348. The Morgan fingerprint density at radius 2 is 1.93 bits per heavy atom. The molecule has 0 spiro atoms. The summed E-state index contributed by atoms with van der Waals surface area (Å²) in [6.07, 6.45) is 6.40. The molecule has 0 amide bonds. The number of hydrogen-bond donors (Lipinski definition) is 0. The van der Waals surface area contributed by atoms with Crippen molar-refractivity contribution in [1.29, 1.82) is 0 Å². The Balaban J connectivity index is 1.27. The number of aromatic nitrogens is 2. The average molecular weight is 423 g/mol. The van der Waals surface area contributed by atoms with Gasteiger partial charge in [-0.2, -0.15) is 0 Å². The highest BCUT2D eigenvalue weighted by Gasteiger charge is 2.21. The minimum atomic E-state index is 0.776. The van der Waals surface area contributed by atoms with Crippen LogP contribution in [0.25, 0.3) is 10.4 Å². The fourth-order valence-electron chi connectivity index (χ4n) is 3.98. The van der Waals surface area contributed by atoms with E-state index in [-0.39, 0.29) is 0 Å². The van der Waals surface area contributed by atoms with Gasteiger partial charge in [0, 0.05) is 59.1 Å². The van der Waals surface area contributed by atoms with Crippen LogP contribution < -0.4 is 0 Å². The van der Waals surface area contributed by atoms with Crippen LogP contribution in [0.3, 0.4) is 0 Å². The van der Waals surface area contributed by atoms with Crippen molar-refractivity contribution in [3.63, 3.8) is 0 Å². The van der Waals surface area contributed by atoms with E-state index in [1.807, 2.05) is 29.7 Å². The summed E-state index contributed by atoms with van der Waals surface area (Å²) in [5.74, 6) is 0.850. The number of fused-ring (bicyclic) bond motifs is 1. The Kier molecular flexibility index (Phi) is 5.44. The topological polar surface area (TPSA) is 41.4 Å². The lowest BCUT2D eigenvalue weighted by Gasteiger charge is -2.27. The summed E-state index contributed by atoms with van der Waals surface area (Å²) >= 11 is 7.86. The minimum Gasteiger partial charge on any atom is -0.293 e. The summed E-state index contributed by atoms with van der Waals surface area (Å²) in [7, 11) is 0. The van der Waals surface area contributed by atoms with Gasteiger partial charge in [0.15, 0.2) is 5.82 Å². The van der Waals surface area contributed by atoms with Crippen LogP contribution >= 0.6 is 22.9 Å². The molecule has 2 aliphatic rings. The van der Waals surface area contributed by atoms with Crippen molar-refractivity contribution in [2.75, 3.05) is 13.1 Å². The number of rotatable bonds is 4. The number of halogens is 1. The summed E-state index contributed by atoms with van der Waals surface area (Å²) in [6, 6.07) is 12.5. The second kappa shape index (κ2) is 8.34. The number of nitrogens with zero attached hydrogens (tertiary/aromatic N) is 4. The summed E-state index contributed by atoms with van der Waals surface area (Å²) < 4.78 is 0. The zero-order chi connectivity index (χ0) is 19.6. The van der Waals surface area contributed by atoms with E-state index in [2.05, 4.69) is 39.1 Å². The van der Waals surface area contributed by atoms with Gasteiger partial charge in [-0.25, -0.2) is 9.97 Å². The Hall–Kier alpha value is -2.08. The maximum atomic E-state index is 6.01. The SMILES string of the molecule is Clc1ccc(-c2ccc(CN3CCc4nc(C5=NCCCC5)ncc4C3)s2)cc1. The van der Waals surface area contributed by atoms with Crippen LogP contribution in [-0.2, 0) is 19.5 Å². The lowest BCUT2D eigenvalue weighted by atomic mass is 10.1. The molecule has 2 aliphatic heterocycles. The van der Waals surface area contributed by atoms with E-state index in [1.54, 1.807) is 0 Å². The van der Waals surface area contributed by atoms with Crippen LogP contribution in [0, 0.1) is 0 Å². The summed E-state index contributed by atoms with van der Waals surface area (Å²) in [5.41, 5.74) is 4.77. The molecule has 6 heteroatoms. The molecule has 5 rings (SSSR count). The smallest absolute Gasteiger partial charge is 0.173 e. The van der Waals surface area contributed by atoms with Crippen molar-refractivity contribution in [2.45, 2.75) is 38.8 Å². The Labute approximate surface area is 180 Å². The monoisotopic (exact) mass is 422 g/mol. The highest BCUT2D eigenvalue weighted by Crippen LogP contribution is 2.30. The molecule has 0 fully saturated rings. The van der Waals surface area contributed by atoms with Gasteiger partial charge >= 0.3 is 0 Å². The molecule has 1 aromatic carbocycles. The van der Waals surface area contributed by atoms with Crippen molar-refractivity contribution in [2.24, 2.45) is 4.99 Å². The molecular weight excluding hydrogens is 400 g/mol. The third-order valence-corrected chi connectivity index (χ3v) is 6.94. The lowest BCUT2D eigenvalue weighted by Crippen LogP contribution is -2.31. The number of aliphatic imine (C=N–C) groups is 1. The third-order valence-electron chi connectivity index (χ3n) is 5.57. The van der Waals surface area contributed by atoms with Crippen LogP contribution in [0.5, 0.6) is 0 Å². The molecule has 0 bridgehead atoms. The van der Waals surface area contributed by atoms with Crippen molar-refractivity contribution in [3.8, 4) is 10.4 Å². The van der Waals surface area contributed by atoms with Crippen LogP contribution in [0.1, 0.15) is 41.2 Å². The Morgan fingerprint density at radius 3 is 2.76 bits per heavy atom. The largest absolute Gasteiger partial charge is 0.293 e. The van der Waals surface area contributed by atoms with Gasteiger partial charge < -0.3 is 0 Å². The molecule has 0 atom stereocenters. The molecule has 148 valence electrons. The predicted molar refractivity (Wildman–Crippen MR) is 120 cm³/mol. The standard InChI is InChI=1S/C23H23ClN4S/c24-18-6-4-16(5-7-18)22-9-8-19(29-22)15-28-12-10-20-17(14-28)13-26-23(27-20)21-3-1-2-11-25-21/h4-9,13H,1-3,10-12,14-15H2. The fourth-order valence-corrected chi connectivity index (χ4v) is 5.16. The highest BCUT2D eigenvalue weighted by atomic mass is 35.5. The predicted octanol–water partition coefficient (Wildman–Crippen LogP) is 5.39. The van der Waals surface area contributed by atoms with Gasteiger partial charge in [0.2, 0.25) is 0 Å². The molecule has 29 heavy (non-hydrogen) atoms. The number of hydrogen-bond acceptors (Lipinski definition) is 5. The first kappa shape index (κ1) is 18.9. The van der Waals surface area contributed by atoms with Crippen LogP contribution in [0.2, 0.25) is 5.02 Å². The van der Waals surface area contributed by atoms with E-state index in [4.69, 9.17) is 16.6 Å². The molecule has 2 aromatic heterocycles. The number of thiophene rings is 1. The van der Waals surface area contributed by atoms with Crippen LogP contribution in [-0.4, -0.2) is 33.7 Å². The maximum Gasteiger partial charge on any atom is 0.173 e.